The van der Waals surface area contributed by atoms with Gasteiger partial charge in [0.15, 0.2) is 0 Å². The van der Waals surface area contributed by atoms with E-state index in [4.69, 9.17) is 11.6 Å². The summed E-state index contributed by atoms with van der Waals surface area (Å²) in [6.07, 6.45) is 2.09. The van der Waals surface area contributed by atoms with E-state index in [1.807, 2.05) is 7.05 Å². The molecule has 3 rings (SSSR count). The van der Waals surface area contributed by atoms with Gasteiger partial charge >= 0.3 is 0 Å². The summed E-state index contributed by atoms with van der Waals surface area (Å²) in [5.41, 5.74) is 0. The maximum atomic E-state index is 12.8. The van der Waals surface area contributed by atoms with Crippen LogP contribution in [0.15, 0.2) is 29.2 Å². The Labute approximate surface area is 142 Å². The number of nitrogens with zero attached hydrogens (tertiary/aromatic N) is 2. The van der Waals surface area contributed by atoms with Gasteiger partial charge in [-0.1, -0.05) is 17.7 Å². The van der Waals surface area contributed by atoms with Gasteiger partial charge in [0, 0.05) is 38.1 Å². The molecule has 1 aromatic carbocycles. The Morgan fingerprint density at radius 1 is 1.26 bits per heavy atom. The molecule has 126 valence electrons. The molecule has 1 aromatic rings. The van der Waals surface area contributed by atoms with Gasteiger partial charge in [-0.25, -0.2) is 8.42 Å². The summed E-state index contributed by atoms with van der Waals surface area (Å²) in [5.74, 6) is 0.840. The minimum atomic E-state index is -3.56. The first-order valence-electron chi connectivity index (χ1n) is 7.76. The first-order valence-corrected chi connectivity index (χ1v) is 9.58. The van der Waals surface area contributed by atoms with Gasteiger partial charge in [0.1, 0.15) is 0 Å². The van der Waals surface area contributed by atoms with E-state index < -0.39 is 10.0 Å². The van der Waals surface area contributed by atoms with Gasteiger partial charge in [0.05, 0.1) is 4.90 Å². The highest BCUT2D eigenvalue weighted by molar-refractivity contribution is 7.89. The number of halogens is 1. The van der Waals surface area contributed by atoms with Crippen LogP contribution in [0.25, 0.3) is 0 Å². The van der Waals surface area contributed by atoms with Crippen molar-refractivity contribution in [2.75, 3.05) is 20.6 Å². The van der Waals surface area contributed by atoms with Crippen LogP contribution in [0.3, 0.4) is 0 Å². The number of amides is 1. The third kappa shape index (κ3) is 3.12. The molecule has 0 radical (unpaired) electrons. The van der Waals surface area contributed by atoms with Gasteiger partial charge in [-0.2, -0.15) is 4.31 Å². The van der Waals surface area contributed by atoms with Gasteiger partial charge in [-0.05, 0) is 42.9 Å². The van der Waals surface area contributed by atoms with Gasteiger partial charge in [-0.15, -0.1) is 0 Å². The van der Waals surface area contributed by atoms with Crippen LogP contribution in [0.2, 0.25) is 5.02 Å². The van der Waals surface area contributed by atoms with Gasteiger partial charge in [0.2, 0.25) is 15.9 Å². The predicted molar refractivity (Wildman–Crippen MR) is 88.7 cm³/mol. The second kappa shape index (κ2) is 6.07. The minimum Gasteiger partial charge on any atom is -0.345 e. The lowest BCUT2D eigenvalue weighted by Gasteiger charge is -2.31. The maximum Gasteiger partial charge on any atom is 0.243 e. The third-order valence-corrected chi connectivity index (χ3v) is 7.32. The number of hydrogen-bond donors (Lipinski definition) is 0. The first kappa shape index (κ1) is 16.7. The highest BCUT2D eigenvalue weighted by Gasteiger charge is 2.43. The zero-order valence-corrected chi connectivity index (χ0v) is 14.8. The van der Waals surface area contributed by atoms with Crippen LogP contribution in [-0.2, 0) is 14.8 Å². The number of rotatable bonds is 3. The number of hydrogen-bond acceptors (Lipinski definition) is 3. The van der Waals surface area contributed by atoms with Crippen molar-refractivity contribution >= 4 is 27.5 Å². The molecule has 1 saturated carbocycles. The second-order valence-electron chi connectivity index (χ2n) is 6.60. The van der Waals surface area contributed by atoms with E-state index in [0.717, 1.165) is 19.4 Å². The molecule has 1 aliphatic carbocycles. The molecule has 0 spiro atoms. The molecular weight excluding hydrogens is 336 g/mol. The molecule has 0 aromatic heterocycles. The lowest BCUT2D eigenvalue weighted by molar-refractivity contribution is -0.134. The van der Waals surface area contributed by atoms with E-state index in [-0.39, 0.29) is 16.8 Å². The molecule has 7 heteroatoms. The van der Waals surface area contributed by atoms with Crippen LogP contribution in [0.1, 0.15) is 19.3 Å². The Morgan fingerprint density at radius 3 is 2.65 bits per heavy atom. The predicted octanol–water partition coefficient (Wildman–Crippen LogP) is 2.22. The molecule has 0 unspecified atom stereocenters. The Hall–Kier alpha value is -1.11. The molecule has 23 heavy (non-hydrogen) atoms. The number of fused-ring (bicyclic) bond motifs is 1. The summed E-state index contributed by atoms with van der Waals surface area (Å²) >= 11 is 5.92. The minimum absolute atomic E-state index is 0.0618. The number of carbonyl (C=O) groups excluding carboxylic acids is 1. The van der Waals surface area contributed by atoms with Gasteiger partial charge in [0.25, 0.3) is 0 Å². The SMILES string of the molecule is CN1C[C@H]2C[C@@H](N(C)S(=O)(=O)c3cccc(Cl)c3)C[C@H]2CC1=O. The Morgan fingerprint density at radius 2 is 1.96 bits per heavy atom. The molecular formula is C16H21ClN2O3S. The van der Waals surface area contributed by atoms with Crippen LogP contribution >= 0.6 is 11.6 Å². The van der Waals surface area contributed by atoms with Crippen LogP contribution in [0.4, 0.5) is 0 Å². The zero-order valence-electron chi connectivity index (χ0n) is 13.3. The van der Waals surface area contributed by atoms with Gasteiger partial charge < -0.3 is 4.90 Å². The van der Waals surface area contributed by atoms with Crippen LogP contribution in [0.5, 0.6) is 0 Å². The number of likely N-dealkylation sites (tertiary alicyclic amines) is 1. The second-order valence-corrected chi connectivity index (χ2v) is 9.04. The molecule has 0 bridgehead atoms. The molecule has 1 amide bonds. The topological polar surface area (TPSA) is 57.7 Å². The number of benzene rings is 1. The number of sulfonamides is 1. The van der Waals surface area contributed by atoms with Crippen molar-refractivity contribution in [3.63, 3.8) is 0 Å². The van der Waals surface area contributed by atoms with Crippen LogP contribution in [-0.4, -0.2) is 50.2 Å². The fourth-order valence-electron chi connectivity index (χ4n) is 3.77. The molecule has 5 nitrogen and oxygen atoms in total. The van der Waals surface area contributed by atoms with E-state index in [1.165, 1.54) is 10.4 Å². The van der Waals surface area contributed by atoms with E-state index in [0.29, 0.717) is 23.3 Å². The standard InChI is InChI=1S/C16H21ClN2O3S/c1-18-10-12-7-14(6-11(12)8-16(18)20)19(2)23(21,22)15-5-3-4-13(17)9-15/h3-5,9,11-12,14H,6-8,10H2,1-2H3/t11-,12+,14-/m0/s1. The molecule has 1 saturated heterocycles. The van der Waals surface area contributed by atoms with E-state index in [2.05, 4.69) is 0 Å². The Kier molecular flexibility index (Phi) is 4.42. The average Bonchev–Trinajstić information content (AvgIpc) is 2.89. The fourth-order valence-corrected chi connectivity index (χ4v) is 5.45. The summed E-state index contributed by atoms with van der Waals surface area (Å²) in [4.78, 5) is 13.8. The summed E-state index contributed by atoms with van der Waals surface area (Å²) in [5, 5.41) is 0.409. The smallest absolute Gasteiger partial charge is 0.243 e. The van der Waals surface area contributed by atoms with E-state index >= 15 is 0 Å². The van der Waals surface area contributed by atoms with Crippen molar-refractivity contribution in [3.8, 4) is 0 Å². The first-order chi connectivity index (χ1) is 10.8. The highest BCUT2D eigenvalue weighted by Crippen LogP contribution is 2.41. The van der Waals surface area contributed by atoms with Crippen molar-refractivity contribution in [1.82, 2.24) is 9.21 Å². The molecule has 2 aliphatic rings. The lowest BCUT2D eigenvalue weighted by atomic mass is 9.88. The average molecular weight is 357 g/mol. The highest BCUT2D eigenvalue weighted by atomic mass is 35.5. The number of piperidine rings is 1. The Bertz CT molecular complexity index is 722. The maximum absolute atomic E-state index is 12.8. The van der Waals surface area contributed by atoms with Crippen molar-refractivity contribution in [1.29, 1.82) is 0 Å². The fraction of sp³-hybridized carbons (Fsp3) is 0.562. The van der Waals surface area contributed by atoms with Crippen molar-refractivity contribution in [3.05, 3.63) is 29.3 Å². The van der Waals surface area contributed by atoms with Crippen LogP contribution in [0, 0.1) is 11.8 Å². The quantitative estimate of drug-likeness (QED) is 0.834. The van der Waals surface area contributed by atoms with E-state index in [1.54, 1.807) is 30.1 Å². The zero-order chi connectivity index (χ0) is 16.8. The lowest BCUT2D eigenvalue weighted by Crippen LogP contribution is -2.39. The normalized spacial score (nSPS) is 28.3. The Balaban J connectivity index is 1.79. The van der Waals surface area contributed by atoms with Gasteiger partial charge in [-0.3, -0.25) is 4.79 Å². The van der Waals surface area contributed by atoms with E-state index in [9.17, 15) is 13.2 Å². The van der Waals surface area contributed by atoms with Crippen LogP contribution < -0.4 is 0 Å². The summed E-state index contributed by atoms with van der Waals surface area (Å²) in [7, 11) is -0.118. The summed E-state index contributed by atoms with van der Waals surface area (Å²) in [6, 6.07) is 6.29. The molecule has 2 fully saturated rings. The number of carbonyl (C=O) groups is 1. The molecule has 1 heterocycles. The largest absolute Gasteiger partial charge is 0.345 e. The monoisotopic (exact) mass is 356 g/mol. The van der Waals surface area contributed by atoms with Crippen molar-refractivity contribution in [2.24, 2.45) is 11.8 Å². The molecule has 3 atom stereocenters. The van der Waals surface area contributed by atoms with Crippen molar-refractivity contribution in [2.45, 2.75) is 30.2 Å². The third-order valence-electron chi connectivity index (χ3n) is 5.17. The summed E-state index contributed by atoms with van der Waals surface area (Å²) < 4.78 is 27.1. The molecule has 1 aliphatic heterocycles. The molecule has 0 N–H and O–H groups in total. The van der Waals surface area contributed by atoms with Crippen molar-refractivity contribution < 1.29 is 13.2 Å². The summed E-state index contributed by atoms with van der Waals surface area (Å²) in [6.45, 7) is 0.727.